The highest BCUT2D eigenvalue weighted by molar-refractivity contribution is 5.94. The van der Waals surface area contributed by atoms with Crippen molar-refractivity contribution in [2.24, 2.45) is 0 Å². The summed E-state index contributed by atoms with van der Waals surface area (Å²) in [5.74, 6) is -0.104. The van der Waals surface area contributed by atoms with E-state index in [0.717, 1.165) is 41.0 Å². The zero-order chi connectivity index (χ0) is 23.1. The Bertz CT molecular complexity index is 1070. The van der Waals surface area contributed by atoms with Crippen molar-refractivity contribution in [3.8, 4) is 11.4 Å². The summed E-state index contributed by atoms with van der Waals surface area (Å²) in [5.41, 5.74) is 5.45. The predicted molar refractivity (Wildman–Crippen MR) is 122 cm³/mol. The quantitative estimate of drug-likeness (QED) is 0.395. The molecule has 0 bridgehead atoms. The van der Waals surface area contributed by atoms with Gasteiger partial charge in [0.2, 0.25) is 0 Å². The maximum Gasteiger partial charge on any atom is 0.305 e. The van der Waals surface area contributed by atoms with E-state index >= 15 is 0 Å². The number of rotatable bonds is 9. The van der Waals surface area contributed by atoms with Gasteiger partial charge < -0.3 is 15.2 Å². The van der Waals surface area contributed by atoms with E-state index < -0.39 is 0 Å². The van der Waals surface area contributed by atoms with Gasteiger partial charge in [-0.25, -0.2) is 4.68 Å². The summed E-state index contributed by atoms with van der Waals surface area (Å²) in [6.07, 6.45) is 2.54. The van der Waals surface area contributed by atoms with Gasteiger partial charge in [-0.3, -0.25) is 9.59 Å². The van der Waals surface area contributed by atoms with Crippen LogP contribution in [0.4, 0.5) is 0 Å². The smallest absolute Gasteiger partial charge is 0.305 e. The van der Waals surface area contributed by atoms with Gasteiger partial charge in [0, 0.05) is 24.2 Å². The number of amides is 1. The second-order valence-corrected chi connectivity index (χ2v) is 7.71. The van der Waals surface area contributed by atoms with Crippen molar-refractivity contribution in [1.82, 2.24) is 15.1 Å². The van der Waals surface area contributed by atoms with Gasteiger partial charge in [-0.2, -0.15) is 5.10 Å². The highest BCUT2D eigenvalue weighted by atomic mass is 16.5. The maximum absolute atomic E-state index is 12.4. The van der Waals surface area contributed by atoms with Crippen LogP contribution in [0.1, 0.15) is 45.7 Å². The number of carbonyl (C=O) groups is 2. The van der Waals surface area contributed by atoms with E-state index in [-0.39, 0.29) is 17.6 Å². The molecule has 0 radical (unpaired) electrons. The fraction of sp³-hybridized carbons (Fsp3) is 0.320. The van der Waals surface area contributed by atoms with Crippen molar-refractivity contribution in [1.29, 1.82) is 0 Å². The molecule has 0 unspecified atom stereocenters. The van der Waals surface area contributed by atoms with Crippen molar-refractivity contribution in [3.63, 3.8) is 0 Å². The van der Waals surface area contributed by atoms with Crippen LogP contribution in [0.25, 0.3) is 5.69 Å². The molecule has 2 N–H and O–H groups in total. The average molecular weight is 436 g/mol. The van der Waals surface area contributed by atoms with Gasteiger partial charge in [-0.15, -0.1) is 0 Å². The molecule has 3 aromatic rings. The molecule has 7 nitrogen and oxygen atoms in total. The van der Waals surface area contributed by atoms with Crippen LogP contribution >= 0.6 is 0 Å². The van der Waals surface area contributed by atoms with Crippen LogP contribution in [0, 0.1) is 13.8 Å². The van der Waals surface area contributed by atoms with Crippen LogP contribution in [-0.4, -0.2) is 40.4 Å². The number of benzene rings is 2. The molecule has 1 heterocycles. The number of esters is 1. The molecule has 168 valence electrons. The monoisotopic (exact) mass is 435 g/mol. The van der Waals surface area contributed by atoms with E-state index in [0.29, 0.717) is 24.9 Å². The lowest BCUT2D eigenvalue weighted by Crippen LogP contribution is -2.24. The Kier molecular flexibility index (Phi) is 7.65. The molecule has 0 aliphatic carbocycles. The summed E-state index contributed by atoms with van der Waals surface area (Å²) in [6.45, 7) is 4.47. The van der Waals surface area contributed by atoms with E-state index in [1.54, 1.807) is 24.3 Å². The number of aryl methyl sites for hydroxylation is 2. The van der Waals surface area contributed by atoms with Crippen LogP contribution < -0.4 is 5.32 Å². The molecule has 32 heavy (non-hydrogen) atoms. The topological polar surface area (TPSA) is 93.5 Å². The minimum Gasteiger partial charge on any atom is -0.508 e. The van der Waals surface area contributed by atoms with Crippen molar-refractivity contribution in [2.75, 3.05) is 13.7 Å². The van der Waals surface area contributed by atoms with E-state index in [1.807, 2.05) is 42.8 Å². The second-order valence-electron chi connectivity index (χ2n) is 7.71. The summed E-state index contributed by atoms with van der Waals surface area (Å²) >= 11 is 0. The molecule has 2 aromatic carbocycles. The first-order valence-corrected chi connectivity index (χ1v) is 10.7. The molecule has 0 aliphatic rings. The van der Waals surface area contributed by atoms with E-state index in [4.69, 9.17) is 4.74 Å². The van der Waals surface area contributed by atoms with Crippen LogP contribution in [0.3, 0.4) is 0 Å². The molecule has 1 aromatic heterocycles. The normalized spacial score (nSPS) is 10.7. The van der Waals surface area contributed by atoms with Gasteiger partial charge in [0.1, 0.15) is 5.75 Å². The number of nitrogens with one attached hydrogen (secondary N) is 1. The fourth-order valence-corrected chi connectivity index (χ4v) is 3.63. The number of nitrogens with zero attached hydrogens (tertiary/aromatic N) is 2. The highest BCUT2D eigenvalue weighted by Gasteiger charge is 2.15. The summed E-state index contributed by atoms with van der Waals surface area (Å²) in [6, 6.07) is 14.4. The zero-order valence-electron chi connectivity index (χ0n) is 18.7. The Balaban J connectivity index is 1.56. The third-order valence-electron chi connectivity index (χ3n) is 5.49. The second kappa shape index (κ2) is 10.6. The van der Waals surface area contributed by atoms with Crippen molar-refractivity contribution < 1.29 is 19.4 Å². The number of ether oxygens (including phenoxy) is 1. The lowest BCUT2D eigenvalue weighted by molar-refractivity contribution is -0.140. The van der Waals surface area contributed by atoms with Crippen molar-refractivity contribution in [2.45, 2.75) is 39.5 Å². The minimum absolute atomic E-state index is 0.116. The van der Waals surface area contributed by atoms with Crippen molar-refractivity contribution in [3.05, 3.63) is 76.6 Å². The lowest BCUT2D eigenvalue weighted by Gasteiger charge is -2.08. The van der Waals surface area contributed by atoms with E-state index in [2.05, 4.69) is 10.4 Å². The van der Waals surface area contributed by atoms with Gasteiger partial charge in [-0.05, 0) is 80.6 Å². The third kappa shape index (κ3) is 5.75. The van der Waals surface area contributed by atoms with Gasteiger partial charge in [-0.1, -0.05) is 12.1 Å². The molecule has 7 heteroatoms. The number of phenolic OH excluding ortho intramolecular Hbond substituents is 1. The number of phenols is 1. The standard InChI is InChI=1S/C25H29N3O4/c1-17-23(14-15-24(30)32-3)18(2)28(27-17)21-10-8-20(9-11-21)25(31)26-16-4-5-19-6-12-22(29)13-7-19/h6-13,29H,4-5,14-16H2,1-3H3,(H,26,31). The molecule has 0 saturated carbocycles. The minimum atomic E-state index is -0.241. The Morgan fingerprint density at radius 2 is 1.72 bits per heavy atom. The molecular formula is C25H29N3O4. The first kappa shape index (κ1) is 23.1. The number of hydrogen-bond donors (Lipinski definition) is 2. The Morgan fingerprint density at radius 3 is 2.38 bits per heavy atom. The Hall–Kier alpha value is -3.61. The highest BCUT2D eigenvalue weighted by Crippen LogP contribution is 2.20. The average Bonchev–Trinajstić information content (AvgIpc) is 3.09. The summed E-state index contributed by atoms with van der Waals surface area (Å²) in [7, 11) is 1.39. The molecule has 0 atom stereocenters. The van der Waals surface area contributed by atoms with Crippen LogP contribution in [0.15, 0.2) is 48.5 Å². The number of hydrogen-bond acceptors (Lipinski definition) is 5. The summed E-state index contributed by atoms with van der Waals surface area (Å²) in [4.78, 5) is 23.9. The van der Waals surface area contributed by atoms with Gasteiger partial charge in [0.15, 0.2) is 0 Å². The van der Waals surface area contributed by atoms with Gasteiger partial charge in [0.05, 0.1) is 18.5 Å². The molecule has 3 rings (SSSR count). The maximum atomic E-state index is 12.4. The van der Waals surface area contributed by atoms with Crippen molar-refractivity contribution >= 4 is 11.9 Å². The predicted octanol–water partition coefficient (Wildman–Crippen LogP) is 3.66. The third-order valence-corrected chi connectivity index (χ3v) is 5.49. The van der Waals surface area contributed by atoms with Crippen LogP contribution in [0.5, 0.6) is 5.75 Å². The molecule has 0 saturated heterocycles. The molecular weight excluding hydrogens is 406 g/mol. The Morgan fingerprint density at radius 1 is 1.03 bits per heavy atom. The van der Waals surface area contributed by atoms with Crippen LogP contribution in [0.2, 0.25) is 0 Å². The Labute approximate surface area is 188 Å². The van der Waals surface area contributed by atoms with E-state index in [9.17, 15) is 14.7 Å². The molecule has 0 spiro atoms. The summed E-state index contributed by atoms with van der Waals surface area (Å²) < 4.78 is 6.56. The number of methoxy groups -OCH3 is 1. The first-order chi connectivity index (χ1) is 15.4. The zero-order valence-corrected chi connectivity index (χ0v) is 18.7. The molecule has 0 fully saturated rings. The van der Waals surface area contributed by atoms with Crippen LogP contribution in [-0.2, 0) is 22.4 Å². The SMILES string of the molecule is COC(=O)CCc1c(C)nn(-c2ccc(C(=O)NCCCc3ccc(O)cc3)cc2)c1C. The fourth-order valence-electron chi connectivity index (χ4n) is 3.63. The summed E-state index contributed by atoms with van der Waals surface area (Å²) in [5, 5.41) is 16.9. The molecule has 0 aliphatic heterocycles. The number of aromatic hydroxyl groups is 1. The van der Waals surface area contributed by atoms with Gasteiger partial charge in [0.25, 0.3) is 5.91 Å². The van der Waals surface area contributed by atoms with Gasteiger partial charge >= 0.3 is 5.97 Å². The number of carbonyl (C=O) groups excluding carboxylic acids is 2. The lowest BCUT2D eigenvalue weighted by atomic mass is 10.1. The largest absolute Gasteiger partial charge is 0.508 e. The molecule has 1 amide bonds. The first-order valence-electron chi connectivity index (χ1n) is 10.7. The number of aromatic nitrogens is 2. The van der Waals surface area contributed by atoms with E-state index in [1.165, 1.54) is 7.11 Å².